The predicted molar refractivity (Wildman–Crippen MR) is 126 cm³/mol. The van der Waals surface area contributed by atoms with Gasteiger partial charge in [0.25, 0.3) is 5.91 Å². The zero-order valence-corrected chi connectivity index (χ0v) is 19.6. The Bertz CT molecular complexity index is 1630. The monoisotopic (exact) mass is 520 g/mol. The van der Waals surface area contributed by atoms with Crippen LogP contribution in [-0.4, -0.2) is 60.8 Å². The number of likely N-dealkylation sites (tertiary alicyclic amines) is 1. The Labute approximate surface area is 212 Å². The third kappa shape index (κ3) is 4.13. The first-order chi connectivity index (χ1) is 18.3. The zero-order chi connectivity index (χ0) is 26.6. The van der Waals surface area contributed by atoms with Gasteiger partial charge >= 0.3 is 0 Å². The lowest BCUT2D eigenvalue weighted by Crippen LogP contribution is -2.57. The molecule has 10 nitrogen and oxygen atoms in total. The van der Waals surface area contributed by atoms with Crippen LogP contribution in [0, 0.1) is 40.6 Å². The maximum Gasteiger partial charge on any atom is 0.255 e. The highest BCUT2D eigenvalue weighted by Crippen LogP contribution is 2.35. The van der Waals surface area contributed by atoms with Crippen molar-refractivity contribution in [3.05, 3.63) is 53.7 Å². The van der Waals surface area contributed by atoms with Gasteiger partial charge in [0.1, 0.15) is 28.9 Å². The summed E-state index contributed by atoms with van der Waals surface area (Å²) < 4.78 is 41.5. The van der Waals surface area contributed by atoms with Crippen molar-refractivity contribution < 1.29 is 22.8 Å². The van der Waals surface area contributed by atoms with Gasteiger partial charge in [-0.25, -0.2) is 28.1 Å². The summed E-state index contributed by atoms with van der Waals surface area (Å²) in [6, 6.07) is 2.70. The molecule has 1 saturated heterocycles. The molecule has 38 heavy (non-hydrogen) atoms. The molecule has 2 aliphatic rings. The summed E-state index contributed by atoms with van der Waals surface area (Å²) in [6.07, 6.45) is 5.79. The highest BCUT2D eigenvalue weighted by molar-refractivity contribution is 6.06. The zero-order valence-electron chi connectivity index (χ0n) is 19.6. The third-order valence-corrected chi connectivity index (χ3v) is 6.75. The Balaban J connectivity index is 1.26. The van der Waals surface area contributed by atoms with E-state index in [1.54, 1.807) is 4.90 Å². The molecule has 4 heterocycles. The molecule has 1 atom stereocenters. The van der Waals surface area contributed by atoms with Gasteiger partial charge in [0, 0.05) is 25.4 Å². The maximum atomic E-state index is 14.2. The van der Waals surface area contributed by atoms with Crippen molar-refractivity contribution in [3.8, 4) is 28.8 Å². The fourth-order valence-corrected chi connectivity index (χ4v) is 4.48. The van der Waals surface area contributed by atoms with Crippen molar-refractivity contribution >= 4 is 23.0 Å². The summed E-state index contributed by atoms with van der Waals surface area (Å²) in [5.74, 6) is -4.52. The number of nitrogens with one attached hydrogen (secondary N) is 3. The van der Waals surface area contributed by atoms with Crippen LogP contribution >= 0.6 is 0 Å². The molecule has 4 aromatic rings. The molecule has 2 fully saturated rings. The molecule has 0 radical (unpaired) electrons. The Morgan fingerprint density at radius 2 is 1.95 bits per heavy atom. The molecule has 2 amide bonds. The maximum absolute atomic E-state index is 14.2. The molecule has 1 aliphatic carbocycles. The second-order valence-electron chi connectivity index (χ2n) is 9.41. The normalized spacial score (nSPS) is 16.2. The SMILES string of the molecule is N#CC1CN(C(=O)[C@H](NC(=O)c2c[nH]c3ncc(-c4cnc(-c5cc(F)cc(F)c5F)[nH]4)nc23)C2CC2)C1. The Morgan fingerprint density at radius 1 is 1.16 bits per heavy atom. The number of rotatable bonds is 6. The average Bonchev–Trinajstić information content (AvgIpc) is 3.43. The minimum Gasteiger partial charge on any atom is -0.344 e. The number of benzene rings is 1. The molecule has 1 saturated carbocycles. The largest absolute Gasteiger partial charge is 0.344 e. The number of hydrogen-bond donors (Lipinski definition) is 3. The van der Waals surface area contributed by atoms with Crippen LogP contribution in [0.2, 0.25) is 0 Å². The lowest BCUT2D eigenvalue weighted by molar-refractivity contribution is -0.138. The summed E-state index contributed by atoms with van der Waals surface area (Å²) in [4.78, 5) is 46.2. The summed E-state index contributed by atoms with van der Waals surface area (Å²) >= 11 is 0. The Morgan fingerprint density at radius 3 is 2.68 bits per heavy atom. The molecule has 0 bridgehead atoms. The Kier molecular flexibility index (Phi) is 5.59. The highest BCUT2D eigenvalue weighted by atomic mass is 19.2. The second kappa shape index (κ2) is 8.98. The first-order valence-corrected chi connectivity index (χ1v) is 11.9. The van der Waals surface area contributed by atoms with E-state index in [1.165, 1.54) is 18.6 Å². The standard InChI is InChI=1S/C25H19F3N8O2/c26-13-3-14(19(28)16(27)4-13)22-31-8-18(34-22)17-7-32-23-21(33-17)15(6-30-23)24(37)35-20(12-1-2-12)25(38)36-9-11(5-29)10-36/h3-4,6-8,11-12,20H,1-2,9-10H2,(H,30,32)(H,31,34)(H,35,37)/t20-/m1/s1. The van der Waals surface area contributed by atoms with Crippen molar-refractivity contribution in [2.75, 3.05) is 13.1 Å². The molecule has 192 valence electrons. The molecule has 3 aromatic heterocycles. The summed E-state index contributed by atoms with van der Waals surface area (Å²) in [5, 5.41) is 11.8. The fraction of sp³-hybridized carbons (Fsp3) is 0.280. The smallest absolute Gasteiger partial charge is 0.255 e. The van der Waals surface area contributed by atoms with Crippen molar-refractivity contribution in [2.45, 2.75) is 18.9 Å². The van der Waals surface area contributed by atoms with Crippen LogP contribution in [0.5, 0.6) is 0 Å². The quantitative estimate of drug-likeness (QED) is 0.334. The summed E-state index contributed by atoms with van der Waals surface area (Å²) in [7, 11) is 0. The average molecular weight is 520 g/mol. The second-order valence-corrected chi connectivity index (χ2v) is 9.41. The Hall–Kier alpha value is -4.73. The first kappa shape index (κ1) is 23.7. The van der Waals surface area contributed by atoms with E-state index in [4.69, 9.17) is 5.26 Å². The number of amides is 2. The molecule has 1 aromatic carbocycles. The van der Waals surface area contributed by atoms with Gasteiger partial charge in [0.05, 0.1) is 41.2 Å². The highest BCUT2D eigenvalue weighted by Gasteiger charge is 2.43. The van der Waals surface area contributed by atoms with Gasteiger partial charge in [-0.15, -0.1) is 0 Å². The molecule has 0 spiro atoms. The van der Waals surface area contributed by atoms with E-state index >= 15 is 0 Å². The van der Waals surface area contributed by atoms with Gasteiger partial charge in [-0.2, -0.15) is 5.26 Å². The van der Waals surface area contributed by atoms with Crippen molar-refractivity contribution in [1.29, 1.82) is 5.26 Å². The van der Waals surface area contributed by atoms with Crippen LogP contribution in [-0.2, 0) is 4.79 Å². The van der Waals surface area contributed by atoms with E-state index in [0.29, 0.717) is 24.8 Å². The number of nitriles is 1. The van der Waals surface area contributed by atoms with Crippen LogP contribution in [0.25, 0.3) is 33.9 Å². The third-order valence-electron chi connectivity index (χ3n) is 6.75. The summed E-state index contributed by atoms with van der Waals surface area (Å²) in [6.45, 7) is 0.712. The van der Waals surface area contributed by atoms with Gasteiger partial charge < -0.3 is 20.2 Å². The van der Waals surface area contributed by atoms with Gasteiger partial charge in [0.15, 0.2) is 17.3 Å². The number of halogens is 3. The van der Waals surface area contributed by atoms with Gasteiger partial charge in [0.2, 0.25) is 5.91 Å². The minimum absolute atomic E-state index is 0.0379. The number of imidazole rings is 1. The topological polar surface area (TPSA) is 143 Å². The number of hydrogen-bond acceptors (Lipinski definition) is 6. The predicted octanol–water partition coefficient (Wildman–Crippen LogP) is 2.92. The molecule has 0 unspecified atom stereocenters. The molecule has 1 aliphatic heterocycles. The number of aromatic amines is 2. The van der Waals surface area contributed by atoms with Gasteiger partial charge in [-0.1, -0.05) is 0 Å². The number of nitrogens with zero attached hydrogens (tertiary/aromatic N) is 5. The van der Waals surface area contributed by atoms with Crippen molar-refractivity contribution in [2.24, 2.45) is 11.8 Å². The van der Waals surface area contributed by atoms with Crippen LogP contribution in [0.4, 0.5) is 13.2 Å². The van der Waals surface area contributed by atoms with Crippen molar-refractivity contribution in [3.63, 3.8) is 0 Å². The lowest BCUT2D eigenvalue weighted by atomic mass is 9.99. The van der Waals surface area contributed by atoms with E-state index in [1.807, 2.05) is 0 Å². The van der Waals surface area contributed by atoms with Crippen LogP contribution in [0.1, 0.15) is 23.2 Å². The van der Waals surface area contributed by atoms with Crippen LogP contribution in [0.15, 0.2) is 30.7 Å². The van der Waals surface area contributed by atoms with E-state index < -0.39 is 29.4 Å². The van der Waals surface area contributed by atoms with Crippen LogP contribution < -0.4 is 5.32 Å². The number of carbonyl (C=O) groups is 2. The minimum atomic E-state index is -1.34. The van der Waals surface area contributed by atoms with E-state index in [0.717, 1.165) is 18.9 Å². The number of H-pyrrole nitrogens is 2. The molecular weight excluding hydrogens is 501 g/mol. The van der Waals surface area contributed by atoms with E-state index in [9.17, 15) is 22.8 Å². The first-order valence-electron chi connectivity index (χ1n) is 11.9. The van der Waals surface area contributed by atoms with Crippen LogP contribution in [0.3, 0.4) is 0 Å². The molecule has 6 rings (SSSR count). The molecule has 13 heteroatoms. The van der Waals surface area contributed by atoms with E-state index in [-0.39, 0.29) is 51.6 Å². The van der Waals surface area contributed by atoms with Gasteiger partial charge in [-0.05, 0) is 24.8 Å². The number of carbonyl (C=O) groups excluding carboxylic acids is 2. The van der Waals surface area contributed by atoms with E-state index in [2.05, 4.69) is 36.3 Å². The fourth-order valence-electron chi connectivity index (χ4n) is 4.48. The van der Waals surface area contributed by atoms with Crippen molar-refractivity contribution in [1.82, 2.24) is 35.1 Å². The summed E-state index contributed by atoms with van der Waals surface area (Å²) in [5.41, 5.74) is 0.871. The lowest BCUT2D eigenvalue weighted by Gasteiger charge is -2.37. The number of aromatic nitrogens is 5. The van der Waals surface area contributed by atoms with Gasteiger partial charge in [-0.3, -0.25) is 9.59 Å². The molecule has 3 N–H and O–H groups in total. The molecular formula is C25H19F3N8O2. The number of fused-ring (bicyclic) bond motifs is 1.